The Morgan fingerprint density at radius 1 is 1.09 bits per heavy atom. The molecule has 1 saturated heterocycles. The minimum absolute atomic E-state index is 0.257. The van der Waals surface area contributed by atoms with Gasteiger partial charge in [-0.25, -0.2) is 8.42 Å². The van der Waals surface area contributed by atoms with E-state index in [9.17, 15) is 8.42 Å². The van der Waals surface area contributed by atoms with Crippen LogP contribution in [0.3, 0.4) is 0 Å². The Hall–Kier alpha value is -1.47. The Morgan fingerprint density at radius 3 is 2.55 bits per heavy atom. The van der Waals surface area contributed by atoms with Crippen molar-refractivity contribution in [3.05, 3.63) is 18.2 Å². The van der Waals surface area contributed by atoms with Crippen molar-refractivity contribution in [2.24, 2.45) is 0 Å². The van der Waals surface area contributed by atoms with Gasteiger partial charge < -0.3 is 14.4 Å². The van der Waals surface area contributed by atoms with Crippen molar-refractivity contribution in [2.75, 3.05) is 43.6 Å². The lowest BCUT2D eigenvalue weighted by molar-refractivity contribution is 0.174. The lowest BCUT2D eigenvalue weighted by Crippen LogP contribution is -2.49. The number of nitrogens with zero attached hydrogens (tertiary/aromatic N) is 2. The standard InChI is InChI=1S/C15H22N2O4S/c1-2-3-10-22(18,19)17-8-6-16(7-9-17)13-4-5-14-15(11-13)21-12-20-14/h4-5,11H,2-3,6-10,12H2,1H3. The van der Waals surface area contributed by atoms with E-state index in [1.165, 1.54) is 0 Å². The van der Waals surface area contributed by atoms with Crippen molar-refractivity contribution in [1.29, 1.82) is 0 Å². The van der Waals surface area contributed by atoms with Crippen molar-refractivity contribution >= 4 is 15.7 Å². The summed E-state index contributed by atoms with van der Waals surface area (Å²) in [7, 11) is -3.10. The molecule has 122 valence electrons. The molecule has 1 fully saturated rings. The maximum Gasteiger partial charge on any atom is 0.231 e. The van der Waals surface area contributed by atoms with Crippen molar-refractivity contribution in [1.82, 2.24) is 4.31 Å². The van der Waals surface area contributed by atoms with Crippen LogP contribution in [0.2, 0.25) is 0 Å². The summed E-state index contributed by atoms with van der Waals surface area (Å²) >= 11 is 0. The Morgan fingerprint density at radius 2 is 1.82 bits per heavy atom. The summed E-state index contributed by atoms with van der Waals surface area (Å²) in [5.74, 6) is 1.79. The first-order valence-electron chi connectivity index (χ1n) is 7.72. The van der Waals surface area contributed by atoms with Gasteiger partial charge in [-0.05, 0) is 18.6 Å². The van der Waals surface area contributed by atoms with E-state index in [4.69, 9.17) is 9.47 Å². The highest BCUT2D eigenvalue weighted by Gasteiger charge is 2.27. The fraction of sp³-hybridized carbons (Fsp3) is 0.600. The molecule has 0 bridgehead atoms. The van der Waals surface area contributed by atoms with E-state index in [0.717, 1.165) is 30.0 Å². The van der Waals surface area contributed by atoms with Gasteiger partial charge in [0, 0.05) is 37.9 Å². The van der Waals surface area contributed by atoms with E-state index in [1.54, 1.807) is 4.31 Å². The Labute approximate surface area is 131 Å². The summed E-state index contributed by atoms with van der Waals surface area (Å²) in [6, 6.07) is 5.86. The summed E-state index contributed by atoms with van der Waals surface area (Å²) in [6.07, 6.45) is 1.63. The average Bonchev–Trinajstić information content (AvgIpc) is 3.00. The number of ether oxygens (including phenoxy) is 2. The molecule has 0 N–H and O–H groups in total. The van der Waals surface area contributed by atoms with Gasteiger partial charge in [-0.15, -0.1) is 0 Å². The Bertz CT molecular complexity index is 624. The molecule has 22 heavy (non-hydrogen) atoms. The van der Waals surface area contributed by atoms with E-state index in [0.29, 0.717) is 26.2 Å². The van der Waals surface area contributed by atoms with Crippen LogP contribution < -0.4 is 14.4 Å². The van der Waals surface area contributed by atoms with Crippen LogP contribution in [0.25, 0.3) is 0 Å². The third-order valence-corrected chi connectivity index (χ3v) is 6.07. The van der Waals surface area contributed by atoms with E-state index < -0.39 is 10.0 Å². The van der Waals surface area contributed by atoms with E-state index in [2.05, 4.69) is 4.90 Å². The third kappa shape index (κ3) is 3.15. The molecule has 1 aromatic carbocycles. The van der Waals surface area contributed by atoms with Crippen molar-refractivity contribution in [3.8, 4) is 11.5 Å². The first-order chi connectivity index (χ1) is 10.6. The van der Waals surface area contributed by atoms with E-state index in [-0.39, 0.29) is 12.5 Å². The van der Waals surface area contributed by atoms with Gasteiger partial charge in [0.1, 0.15) is 0 Å². The number of hydrogen-bond donors (Lipinski definition) is 0. The molecule has 0 radical (unpaired) electrons. The highest BCUT2D eigenvalue weighted by molar-refractivity contribution is 7.89. The second kappa shape index (κ2) is 6.34. The molecule has 0 spiro atoms. The minimum atomic E-state index is -3.10. The summed E-state index contributed by atoms with van der Waals surface area (Å²) in [5, 5.41) is 0. The van der Waals surface area contributed by atoms with Crippen LogP contribution in [0.1, 0.15) is 19.8 Å². The number of anilines is 1. The fourth-order valence-electron chi connectivity index (χ4n) is 2.76. The number of hydrogen-bond acceptors (Lipinski definition) is 5. The fourth-order valence-corrected chi connectivity index (χ4v) is 4.39. The number of unbranched alkanes of at least 4 members (excludes halogenated alkanes) is 1. The molecule has 0 atom stereocenters. The number of sulfonamides is 1. The molecule has 0 aromatic heterocycles. The maximum atomic E-state index is 12.2. The monoisotopic (exact) mass is 326 g/mol. The lowest BCUT2D eigenvalue weighted by Gasteiger charge is -2.35. The number of benzene rings is 1. The number of rotatable bonds is 5. The van der Waals surface area contributed by atoms with Gasteiger partial charge in [-0.3, -0.25) is 0 Å². The zero-order valence-corrected chi connectivity index (χ0v) is 13.6. The predicted octanol–water partition coefficient (Wildman–Crippen LogP) is 1.67. The van der Waals surface area contributed by atoms with Crippen LogP contribution in [-0.2, 0) is 10.0 Å². The summed E-state index contributed by atoms with van der Waals surface area (Å²) < 4.78 is 36.7. The molecular weight excluding hydrogens is 304 g/mol. The van der Waals surface area contributed by atoms with E-state index >= 15 is 0 Å². The molecule has 2 heterocycles. The zero-order chi connectivity index (χ0) is 15.6. The molecule has 0 unspecified atom stereocenters. The van der Waals surface area contributed by atoms with Crippen LogP contribution in [0.5, 0.6) is 11.5 Å². The van der Waals surface area contributed by atoms with Crippen molar-refractivity contribution in [2.45, 2.75) is 19.8 Å². The Balaban J connectivity index is 1.62. The molecule has 6 nitrogen and oxygen atoms in total. The number of fused-ring (bicyclic) bond motifs is 1. The second-order valence-corrected chi connectivity index (χ2v) is 7.68. The zero-order valence-electron chi connectivity index (χ0n) is 12.8. The SMILES string of the molecule is CCCCS(=O)(=O)N1CCN(c2ccc3c(c2)OCO3)CC1. The van der Waals surface area contributed by atoms with Crippen molar-refractivity contribution < 1.29 is 17.9 Å². The van der Waals surface area contributed by atoms with Gasteiger partial charge in [-0.1, -0.05) is 13.3 Å². The molecule has 2 aliphatic rings. The molecule has 7 heteroatoms. The smallest absolute Gasteiger partial charge is 0.231 e. The predicted molar refractivity (Wildman–Crippen MR) is 85.0 cm³/mol. The number of piperazine rings is 1. The third-order valence-electron chi connectivity index (χ3n) is 4.11. The lowest BCUT2D eigenvalue weighted by atomic mass is 10.2. The van der Waals surface area contributed by atoms with Crippen molar-refractivity contribution in [3.63, 3.8) is 0 Å². The molecule has 3 rings (SSSR count). The van der Waals surface area contributed by atoms with Gasteiger partial charge in [0.2, 0.25) is 16.8 Å². The maximum absolute atomic E-state index is 12.2. The minimum Gasteiger partial charge on any atom is -0.454 e. The summed E-state index contributed by atoms with van der Waals surface area (Å²) in [6.45, 7) is 4.76. The molecule has 2 aliphatic heterocycles. The molecule has 1 aromatic rings. The van der Waals surface area contributed by atoms with Gasteiger partial charge in [0.15, 0.2) is 11.5 Å². The first kappa shape index (κ1) is 15.4. The van der Waals surface area contributed by atoms with Crippen LogP contribution in [0.4, 0.5) is 5.69 Å². The van der Waals surface area contributed by atoms with Crippen LogP contribution in [0.15, 0.2) is 18.2 Å². The molecular formula is C15H22N2O4S. The van der Waals surface area contributed by atoms with Gasteiger partial charge in [-0.2, -0.15) is 4.31 Å². The van der Waals surface area contributed by atoms with Gasteiger partial charge >= 0.3 is 0 Å². The first-order valence-corrected chi connectivity index (χ1v) is 9.33. The average molecular weight is 326 g/mol. The largest absolute Gasteiger partial charge is 0.454 e. The summed E-state index contributed by atoms with van der Waals surface area (Å²) in [5.41, 5.74) is 1.05. The van der Waals surface area contributed by atoms with Gasteiger partial charge in [0.25, 0.3) is 0 Å². The molecule has 0 saturated carbocycles. The second-order valence-electron chi connectivity index (χ2n) is 5.59. The van der Waals surface area contributed by atoms with E-state index in [1.807, 2.05) is 25.1 Å². The summed E-state index contributed by atoms with van der Waals surface area (Å²) in [4.78, 5) is 2.19. The Kier molecular flexibility index (Phi) is 4.44. The van der Waals surface area contributed by atoms with Crippen LogP contribution in [0, 0.1) is 0 Å². The van der Waals surface area contributed by atoms with Crippen LogP contribution in [-0.4, -0.2) is 51.4 Å². The highest BCUT2D eigenvalue weighted by atomic mass is 32.2. The molecule has 0 amide bonds. The topological polar surface area (TPSA) is 59.1 Å². The highest BCUT2D eigenvalue weighted by Crippen LogP contribution is 2.35. The quantitative estimate of drug-likeness (QED) is 0.824. The molecule has 0 aliphatic carbocycles. The van der Waals surface area contributed by atoms with Gasteiger partial charge in [0.05, 0.1) is 5.75 Å². The van der Waals surface area contributed by atoms with Crippen LogP contribution >= 0.6 is 0 Å². The normalized spacial score (nSPS) is 18.7.